The van der Waals surface area contributed by atoms with Crippen LogP contribution in [-0.4, -0.2) is 54.1 Å². The third-order valence-corrected chi connectivity index (χ3v) is 4.07. The van der Waals surface area contributed by atoms with E-state index in [4.69, 9.17) is 10.9 Å². The summed E-state index contributed by atoms with van der Waals surface area (Å²) in [7, 11) is 4.35. The molecular formula is C15H24N4O. The first-order valence-electron chi connectivity index (χ1n) is 7.06. The third-order valence-electron chi connectivity index (χ3n) is 4.07. The van der Waals surface area contributed by atoms with Crippen molar-refractivity contribution in [2.75, 3.05) is 27.2 Å². The molecule has 1 heterocycles. The first-order chi connectivity index (χ1) is 9.60. The molecule has 5 heteroatoms. The zero-order valence-corrected chi connectivity index (χ0v) is 12.3. The highest BCUT2D eigenvalue weighted by atomic mass is 16.4. The van der Waals surface area contributed by atoms with Gasteiger partial charge in [-0.1, -0.05) is 23.4 Å². The van der Waals surface area contributed by atoms with Gasteiger partial charge in [0.2, 0.25) is 0 Å². The minimum Gasteiger partial charge on any atom is -0.409 e. The summed E-state index contributed by atoms with van der Waals surface area (Å²) in [6.07, 6.45) is 2.43. The van der Waals surface area contributed by atoms with Crippen LogP contribution in [0.2, 0.25) is 0 Å². The molecule has 0 aromatic heterocycles. The Labute approximate surface area is 120 Å². The zero-order chi connectivity index (χ0) is 14.5. The maximum Gasteiger partial charge on any atom is 0.170 e. The van der Waals surface area contributed by atoms with E-state index < -0.39 is 0 Å². The lowest BCUT2D eigenvalue weighted by atomic mass is 10.0. The number of oxime groups is 1. The molecule has 2 rings (SSSR count). The first kappa shape index (κ1) is 14.8. The van der Waals surface area contributed by atoms with E-state index >= 15 is 0 Å². The lowest BCUT2D eigenvalue weighted by Crippen LogP contribution is -2.41. The van der Waals surface area contributed by atoms with Crippen molar-refractivity contribution >= 4 is 5.84 Å². The van der Waals surface area contributed by atoms with Crippen LogP contribution in [0.4, 0.5) is 0 Å². The van der Waals surface area contributed by atoms with E-state index in [1.54, 1.807) is 0 Å². The molecule has 1 aliphatic rings. The maximum atomic E-state index is 8.74. The molecule has 0 bridgehead atoms. The van der Waals surface area contributed by atoms with Gasteiger partial charge in [0.1, 0.15) is 0 Å². The Bertz CT molecular complexity index is 467. The summed E-state index contributed by atoms with van der Waals surface area (Å²) in [6, 6.07) is 8.51. The van der Waals surface area contributed by atoms with Crippen LogP contribution in [0.15, 0.2) is 29.4 Å². The van der Waals surface area contributed by atoms with E-state index in [9.17, 15) is 0 Å². The summed E-state index contributed by atoms with van der Waals surface area (Å²) < 4.78 is 0. The first-order valence-corrected chi connectivity index (χ1v) is 7.06. The van der Waals surface area contributed by atoms with Gasteiger partial charge >= 0.3 is 0 Å². The van der Waals surface area contributed by atoms with E-state index in [1.807, 2.05) is 18.2 Å². The molecule has 1 fully saturated rings. The molecule has 0 unspecified atom stereocenters. The Kier molecular flexibility index (Phi) is 4.98. The molecule has 1 aromatic rings. The van der Waals surface area contributed by atoms with E-state index in [1.165, 1.54) is 31.5 Å². The minimum atomic E-state index is 0.161. The fraction of sp³-hybridized carbons (Fsp3) is 0.533. The molecule has 0 spiro atoms. The van der Waals surface area contributed by atoms with Crippen molar-refractivity contribution in [2.24, 2.45) is 10.9 Å². The summed E-state index contributed by atoms with van der Waals surface area (Å²) in [4.78, 5) is 4.78. The molecule has 0 radical (unpaired) electrons. The monoisotopic (exact) mass is 276 g/mol. The molecule has 0 amide bonds. The van der Waals surface area contributed by atoms with E-state index in [0.29, 0.717) is 6.04 Å². The average molecular weight is 276 g/mol. The second-order valence-corrected chi connectivity index (χ2v) is 5.64. The Morgan fingerprint density at radius 2 is 2.15 bits per heavy atom. The number of nitrogens with zero attached hydrogens (tertiary/aromatic N) is 3. The van der Waals surface area contributed by atoms with E-state index in [-0.39, 0.29) is 5.84 Å². The van der Waals surface area contributed by atoms with Crippen LogP contribution in [0.5, 0.6) is 0 Å². The molecule has 5 nitrogen and oxygen atoms in total. The Morgan fingerprint density at radius 3 is 2.80 bits per heavy atom. The van der Waals surface area contributed by atoms with Crippen LogP contribution in [0.3, 0.4) is 0 Å². The number of piperidine rings is 1. The highest BCUT2D eigenvalue weighted by Crippen LogP contribution is 2.17. The quantitative estimate of drug-likeness (QED) is 0.377. The van der Waals surface area contributed by atoms with Crippen LogP contribution in [0.25, 0.3) is 0 Å². The van der Waals surface area contributed by atoms with Gasteiger partial charge in [0, 0.05) is 18.2 Å². The zero-order valence-electron chi connectivity index (χ0n) is 12.3. The molecule has 0 saturated carbocycles. The molecular weight excluding hydrogens is 252 g/mol. The predicted molar refractivity (Wildman–Crippen MR) is 80.9 cm³/mol. The van der Waals surface area contributed by atoms with Crippen molar-refractivity contribution < 1.29 is 5.21 Å². The summed E-state index contributed by atoms with van der Waals surface area (Å²) in [5.41, 5.74) is 7.59. The summed E-state index contributed by atoms with van der Waals surface area (Å²) in [5, 5.41) is 11.8. The lowest BCUT2D eigenvalue weighted by molar-refractivity contribution is 0.139. The van der Waals surface area contributed by atoms with Gasteiger partial charge in [-0.25, -0.2) is 0 Å². The van der Waals surface area contributed by atoms with Crippen molar-refractivity contribution in [3.63, 3.8) is 0 Å². The summed E-state index contributed by atoms with van der Waals surface area (Å²) in [6.45, 7) is 3.22. The Morgan fingerprint density at radius 1 is 1.45 bits per heavy atom. The summed E-state index contributed by atoms with van der Waals surface area (Å²) >= 11 is 0. The standard InChI is InChI=1S/C15H24N4O/c1-18-8-6-14(7-9-18)19(2)11-12-4-3-5-13(10-12)15(16)17-20/h3-5,10,14,20H,6-9,11H2,1-2H3,(H2,16,17). The highest BCUT2D eigenvalue weighted by Gasteiger charge is 2.20. The Balaban J connectivity index is 1.99. The Hall–Kier alpha value is -1.59. The second-order valence-electron chi connectivity index (χ2n) is 5.64. The van der Waals surface area contributed by atoms with E-state index in [0.717, 1.165) is 12.1 Å². The topological polar surface area (TPSA) is 65.1 Å². The second kappa shape index (κ2) is 6.72. The maximum absolute atomic E-state index is 8.74. The van der Waals surface area contributed by atoms with Crippen LogP contribution in [0.1, 0.15) is 24.0 Å². The number of likely N-dealkylation sites (tertiary alicyclic amines) is 1. The molecule has 1 aromatic carbocycles. The molecule has 1 aliphatic heterocycles. The van der Waals surface area contributed by atoms with Crippen LogP contribution in [0, 0.1) is 0 Å². The van der Waals surface area contributed by atoms with Crippen LogP contribution in [-0.2, 0) is 6.54 Å². The number of nitrogens with two attached hydrogens (primary N) is 1. The molecule has 3 N–H and O–H groups in total. The highest BCUT2D eigenvalue weighted by molar-refractivity contribution is 5.97. The minimum absolute atomic E-state index is 0.161. The number of hydrogen-bond acceptors (Lipinski definition) is 4. The van der Waals surface area contributed by atoms with Crippen molar-refractivity contribution in [1.82, 2.24) is 9.80 Å². The van der Waals surface area contributed by atoms with Crippen molar-refractivity contribution in [3.8, 4) is 0 Å². The number of rotatable bonds is 4. The predicted octanol–water partition coefficient (Wildman–Crippen LogP) is 1.31. The van der Waals surface area contributed by atoms with Gasteiger partial charge in [-0.3, -0.25) is 4.90 Å². The number of hydrogen-bond donors (Lipinski definition) is 2. The molecule has 0 aliphatic carbocycles. The van der Waals surface area contributed by atoms with Gasteiger partial charge in [-0.2, -0.15) is 0 Å². The fourth-order valence-electron chi connectivity index (χ4n) is 2.74. The largest absolute Gasteiger partial charge is 0.409 e. The average Bonchev–Trinajstić information content (AvgIpc) is 2.47. The smallest absolute Gasteiger partial charge is 0.170 e. The van der Waals surface area contributed by atoms with Crippen molar-refractivity contribution in [2.45, 2.75) is 25.4 Å². The molecule has 110 valence electrons. The van der Waals surface area contributed by atoms with Gasteiger partial charge in [-0.15, -0.1) is 0 Å². The van der Waals surface area contributed by atoms with Gasteiger partial charge in [0.05, 0.1) is 0 Å². The van der Waals surface area contributed by atoms with Gasteiger partial charge < -0.3 is 15.8 Å². The van der Waals surface area contributed by atoms with Crippen LogP contribution >= 0.6 is 0 Å². The lowest BCUT2D eigenvalue weighted by Gasteiger charge is -2.35. The van der Waals surface area contributed by atoms with Crippen molar-refractivity contribution in [3.05, 3.63) is 35.4 Å². The SMILES string of the molecule is CN1CCC(N(C)Cc2cccc(/C(N)=N/O)c2)CC1. The van der Waals surface area contributed by atoms with Crippen molar-refractivity contribution in [1.29, 1.82) is 0 Å². The van der Waals surface area contributed by atoms with Gasteiger partial charge in [-0.05, 0) is 51.7 Å². The fourth-order valence-corrected chi connectivity index (χ4v) is 2.74. The molecule has 20 heavy (non-hydrogen) atoms. The molecule has 1 saturated heterocycles. The van der Waals surface area contributed by atoms with Gasteiger partial charge in [0.25, 0.3) is 0 Å². The van der Waals surface area contributed by atoms with Gasteiger partial charge in [0.15, 0.2) is 5.84 Å². The third kappa shape index (κ3) is 3.71. The summed E-state index contributed by atoms with van der Waals surface area (Å²) in [5.74, 6) is 0.161. The van der Waals surface area contributed by atoms with E-state index in [2.05, 4.69) is 35.1 Å². The van der Waals surface area contributed by atoms with Crippen LogP contribution < -0.4 is 5.73 Å². The number of benzene rings is 1. The molecule has 0 atom stereocenters. The number of amidine groups is 1. The normalized spacial score (nSPS) is 18.6.